The number of carboxylic acid groups (broad SMARTS) is 1. The first-order valence-corrected chi connectivity index (χ1v) is 8.40. The molecule has 1 fully saturated rings. The molecule has 2 unspecified atom stereocenters. The summed E-state index contributed by atoms with van der Waals surface area (Å²) in [5, 5.41) is 9.25. The third-order valence-corrected chi connectivity index (χ3v) is 4.73. The molecule has 6 nitrogen and oxygen atoms in total. The highest BCUT2D eigenvalue weighted by atomic mass is 16.4. The predicted molar refractivity (Wildman–Crippen MR) is 93.1 cm³/mol. The Morgan fingerprint density at radius 2 is 1.92 bits per heavy atom. The van der Waals surface area contributed by atoms with Gasteiger partial charge in [-0.1, -0.05) is 30.3 Å². The molecule has 0 spiro atoms. The number of likely N-dealkylation sites (tertiary alicyclic amines) is 1. The van der Waals surface area contributed by atoms with Crippen LogP contribution < -0.4 is 0 Å². The summed E-state index contributed by atoms with van der Waals surface area (Å²) >= 11 is 0. The molecule has 0 aliphatic carbocycles. The number of amides is 1. The quantitative estimate of drug-likeness (QED) is 0.929. The number of carboxylic acids is 1. The third-order valence-electron chi connectivity index (χ3n) is 4.73. The number of piperidine rings is 1. The molecule has 2 heterocycles. The van der Waals surface area contributed by atoms with E-state index < -0.39 is 11.9 Å². The van der Waals surface area contributed by atoms with Crippen molar-refractivity contribution in [3.63, 3.8) is 0 Å². The van der Waals surface area contributed by atoms with Gasteiger partial charge in [0.05, 0.1) is 17.2 Å². The highest BCUT2D eigenvalue weighted by Crippen LogP contribution is 2.25. The molecule has 0 bridgehead atoms. The zero-order valence-corrected chi connectivity index (χ0v) is 14.3. The normalized spacial score (nSPS) is 20.3. The van der Waals surface area contributed by atoms with Gasteiger partial charge >= 0.3 is 5.97 Å². The minimum atomic E-state index is -0.850. The Morgan fingerprint density at radius 1 is 1.20 bits per heavy atom. The van der Waals surface area contributed by atoms with Crippen LogP contribution in [0.25, 0.3) is 11.4 Å². The van der Waals surface area contributed by atoms with E-state index in [1.165, 1.54) is 0 Å². The smallest absolute Gasteiger partial charge is 0.308 e. The Balaban J connectivity index is 1.86. The van der Waals surface area contributed by atoms with Crippen molar-refractivity contribution in [2.45, 2.75) is 32.7 Å². The first-order valence-electron chi connectivity index (χ1n) is 8.40. The average molecular weight is 339 g/mol. The van der Waals surface area contributed by atoms with Gasteiger partial charge in [0, 0.05) is 24.3 Å². The van der Waals surface area contributed by atoms with Crippen molar-refractivity contribution < 1.29 is 14.7 Å². The highest BCUT2D eigenvalue weighted by molar-refractivity contribution is 5.95. The van der Waals surface area contributed by atoms with Crippen LogP contribution in [0.3, 0.4) is 0 Å². The lowest BCUT2D eigenvalue weighted by Crippen LogP contribution is -2.47. The summed E-state index contributed by atoms with van der Waals surface area (Å²) in [7, 11) is 0. The summed E-state index contributed by atoms with van der Waals surface area (Å²) in [6, 6.07) is 9.59. The molecule has 1 N–H and O–H groups in total. The molecular formula is C19H21N3O3. The van der Waals surface area contributed by atoms with Crippen LogP contribution >= 0.6 is 0 Å². The van der Waals surface area contributed by atoms with Crippen LogP contribution in [0.2, 0.25) is 0 Å². The van der Waals surface area contributed by atoms with Crippen molar-refractivity contribution in [2.75, 3.05) is 6.54 Å². The van der Waals surface area contributed by atoms with Gasteiger partial charge in [0.2, 0.25) is 0 Å². The van der Waals surface area contributed by atoms with E-state index in [1.807, 2.05) is 37.3 Å². The molecule has 1 aliphatic rings. The van der Waals surface area contributed by atoms with E-state index >= 15 is 0 Å². The van der Waals surface area contributed by atoms with E-state index in [-0.39, 0.29) is 18.5 Å². The molecule has 6 heteroatoms. The van der Waals surface area contributed by atoms with Gasteiger partial charge in [-0.2, -0.15) is 0 Å². The summed E-state index contributed by atoms with van der Waals surface area (Å²) in [6.07, 6.45) is 2.83. The van der Waals surface area contributed by atoms with E-state index in [0.717, 1.165) is 5.56 Å². The van der Waals surface area contributed by atoms with E-state index in [2.05, 4.69) is 9.97 Å². The van der Waals surface area contributed by atoms with E-state index in [0.29, 0.717) is 29.9 Å². The number of benzene rings is 1. The fourth-order valence-corrected chi connectivity index (χ4v) is 3.15. The SMILES string of the molecule is Cc1nc(-c2ccccc2)ncc1C(=O)N1CC(C(=O)O)CCC1C. The van der Waals surface area contributed by atoms with E-state index in [1.54, 1.807) is 18.0 Å². The molecule has 0 radical (unpaired) electrons. The van der Waals surface area contributed by atoms with Gasteiger partial charge in [0.25, 0.3) is 5.91 Å². The van der Waals surface area contributed by atoms with Gasteiger partial charge in [-0.3, -0.25) is 9.59 Å². The van der Waals surface area contributed by atoms with Crippen LogP contribution in [0.1, 0.15) is 35.8 Å². The first-order chi connectivity index (χ1) is 12.0. The zero-order valence-electron chi connectivity index (χ0n) is 14.3. The molecule has 1 aromatic heterocycles. The van der Waals surface area contributed by atoms with Crippen LogP contribution in [0.4, 0.5) is 0 Å². The van der Waals surface area contributed by atoms with Gasteiger partial charge in [-0.05, 0) is 26.7 Å². The van der Waals surface area contributed by atoms with Crippen molar-refractivity contribution in [2.24, 2.45) is 5.92 Å². The highest BCUT2D eigenvalue weighted by Gasteiger charge is 2.33. The Hall–Kier alpha value is -2.76. The Kier molecular flexibility index (Phi) is 4.79. The summed E-state index contributed by atoms with van der Waals surface area (Å²) in [5.41, 5.74) is 1.92. The third kappa shape index (κ3) is 3.52. The maximum Gasteiger partial charge on any atom is 0.308 e. The minimum Gasteiger partial charge on any atom is -0.481 e. The largest absolute Gasteiger partial charge is 0.481 e. The van der Waals surface area contributed by atoms with Crippen molar-refractivity contribution in [3.8, 4) is 11.4 Å². The van der Waals surface area contributed by atoms with Gasteiger partial charge in [0.15, 0.2) is 5.82 Å². The second kappa shape index (κ2) is 7.01. The average Bonchev–Trinajstić information content (AvgIpc) is 2.62. The fraction of sp³-hybridized carbons (Fsp3) is 0.368. The number of nitrogens with zero attached hydrogens (tertiary/aromatic N) is 3. The monoisotopic (exact) mass is 339 g/mol. The number of hydrogen-bond donors (Lipinski definition) is 1. The van der Waals surface area contributed by atoms with E-state index in [9.17, 15) is 14.7 Å². The number of hydrogen-bond acceptors (Lipinski definition) is 4. The summed E-state index contributed by atoms with van der Waals surface area (Å²) in [5.74, 6) is -0.984. The van der Waals surface area contributed by atoms with Gasteiger partial charge in [-0.15, -0.1) is 0 Å². The minimum absolute atomic E-state index is 0.0105. The lowest BCUT2D eigenvalue weighted by Gasteiger charge is -2.36. The van der Waals surface area contributed by atoms with Crippen LogP contribution in [0.5, 0.6) is 0 Å². The summed E-state index contributed by atoms with van der Waals surface area (Å²) in [4.78, 5) is 34.6. The lowest BCUT2D eigenvalue weighted by molar-refractivity contribution is -0.143. The van der Waals surface area contributed by atoms with Gasteiger partial charge < -0.3 is 10.0 Å². The molecule has 0 saturated carbocycles. The van der Waals surface area contributed by atoms with Gasteiger partial charge in [0.1, 0.15) is 0 Å². The maximum atomic E-state index is 12.9. The van der Waals surface area contributed by atoms with Crippen molar-refractivity contribution in [3.05, 3.63) is 47.8 Å². The van der Waals surface area contributed by atoms with Crippen molar-refractivity contribution >= 4 is 11.9 Å². The molecule has 3 rings (SSSR count). The molecule has 1 amide bonds. The Morgan fingerprint density at radius 3 is 2.56 bits per heavy atom. The number of rotatable bonds is 3. The van der Waals surface area contributed by atoms with Crippen LogP contribution in [-0.4, -0.2) is 44.4 Å². The number of carbonyl (C=O) groups excluding carboxylic acids is 1. The zero-order chi connectivity index (χ0) is 18.0. The van der Waals surface area contributed by atoms with Crippen LogP contribution in [0.15, 0.2) is 36.5 Å². The fourth-order valence-electron chi connectivity index (χ4n) is 3.15. The summed E-state index contributed by atoms with van der Waals surface area (Å²) < 4.78 is 0. The molecule has 130 valence electrons. The molecule has 1 aromatic carbocycles. The number of aliphatic carboxylic acids is 1. The maximum absolute atomic E-state index is 12.9. The second-order valence-corrected chi connectivity index (χ2v) is 6.48. The van der Waals surface area contributed by atoms with Crippen LogP contribution in [-0.2, 0) is 4.79 Å². The second-order valence-electron chi connectivity index (χ2n) is 6.48. The molecule has 1 aliphatic heterocycles. The van der Waals surface area contributed by atoms with E-state index in [4.69, 9.17) is 0 Å². The first kappa shape index (κ1) is 17.1. The lowest BCUT2D eigenvalue weighted by atomic mass is 9.93. The predicted octanol–water partition coefficient (Wildman–Crippen LogP) is 2.78. The van der Waals surface area contributed by atoms with Crippen molar-refractivity contribution in [1.29, 1.82) is 0 Å². The number of aromatic nitrogens is 2. The van der Waals surface area contributed by atoms with Gasteiger partial charge in [-0.25, -0.2) is 9.97 Å². The molecule has 2 aromatic rings. The molecular weight excluding hydrogens is 318 g/mol. The molecule has 25 heavy (non-hydrogen) atoms. The summed E-state index contributed by atoms with van der Waals surface area (Å²) in [6.45, 7) is 3.96. The molecule has 2 atom stereocenters. The topological polar surface area (TPSA) is 83.4 Å². The Bertz CT molecular complexity index is 792. The Labute approximate surface area is 146 Å². The number of carbonyl (C=O) groups is 2. The van der Waals surface area contributed by atoms with Crippen molar-refractivity contribution in [1.82, 2.24) is 14.9 Å². The number of aryl methyl sites for hydroxylation is 1. The molecule has 1 saturated heterocycles. The standard InChI is InChI=1S/C19H21N3O3/c1-12-8-9-15(19(24)25)11-22(12)18(23)16-10-20-17(21-13(16)2)14-6-4-3-5-7-14/h3-7,10,12,15H,8-9,11H2,1-2H3,(H,24,25). The van der Waals surface area contributed by atoms with Crippen LogP contribution in [0, 0.1) is 12.8 Å².